The van der Waals surface area contributed by atoms with E-state index < -0.39 is 0 Å². The van der Waals surface area contributed by atoms with Gasteiger partial charge in [0.2, 0.25) is 0 Å². The molecule has 0 aliphatic heterocycles. The third-order valence-corrected chi connectivity index (χ3v) is 3.28. The Morgan fingerprint density at radius 2 is 2.00 bits per heavy atom. The highest BCUT2D eigenvalue weighted by Gasteiger charge is 2.01. The minimum atomic E-state index is -0.0907. The van der Waals surface area contributed by atoms with Crippen molar-refractivity contribution in [3.8, 4) is 0 Å². The van der Waals surface area contributed by atoms with Crippen LogP contribution in [0.1, 0.15) is 38.2 Å². The molecule has 0 spiro atoms. The Kier molecular flexibility index (Phi) is 7.41. The lowest BCUT2D eigenvalue weighted by Gasteiger charge is -2.02. The SMILES string of the molecule is CCOC(=O)CCCCCSc1ncc(C)cn1. The Morgan fingerprint density at radius 3 is 2.67 bits per heavy atom. The number of hydrogen-bond acceptors (Lipinski definition) is 5. The third kappa shape index (κ3) is 6.59. The van der Waals surface area contributed by atoms with E-state index >= 15 is 0 Å². The normalized spacial score (nSPS) is 10.3. The lowest BCUT2D eigenvalue weighted by Crippen LogP contribution is -2.03. The molecule has 0 unspecified atom stereocenters. The molecular formula is C13H20N2O2S. The first kappa shape index (κ1) is 15.0. The van der Waals surface area contributed by atoms with E-state index in [-0.39, 0.29) is 5.97 Å². The van der Waals surface area contributed by atoms with E-state index in [1.54, 1.807) is 11.8 Å². The van der Waals surface area contributed by atoms with Gasteiger partial charge in [-0.1, -0.05) is 18.2 Å². The second-order valence-corrected chi connectivity index (χ2v) is 5.07. The number of carbonyl (C=O) groups is 1. The van der Waals surface area contributed by atoms with Crippen LogP contribution < -0.4 is 0 Å². The summed E-state index contributed by atoms with van der Waals surface area (Å²) in [5.74, 6) is 0.901. The molecule has 0 aliphatic carbocycles. The molecule has 0 amide bonds. The Labute approximate surface area is 113 Å². The number of rotatable bonds is 8. The van der Waals surface area contributed by atoms with E-state index in [1.165, 1.54) is 0 Å². The zero-order valence-corrected chi connectivity index (χ0v) is 11.8. The number of unbranched alkanes of at least 4 members (excludes halogenated alkanes) is 2. The van der Waals surface area contributed by atoms with Crippen LogP contribution in [0.3, 0.4) is 0 Å². The van der Waals surface area contributed by atoms with Gasteiger partial charge in [-0.05, 0) is 32.3 Å². The van der Waals surface area contributed by atoms with Gasteiger partial charge in [0.1, 0.15) is 0 Å². The van der Waals surface area contributed by atoms with E-state index in [0.29, 0.717) is 13.0 Å². The first-order valence-electron chi connectivity index (χ1n) is 6.29. The highest BCUT2D eigenvalue weighted by molar-refractivity contribution is 7.99. The van der Waals surface area contributed by atoms with Crippen LogP contribution in [0.25, 0.3) is 0 Å². The van der Waals surface area contributed by atoms with Crippen molar-refractivity contribution in [2.45, 2.75) is 44.7 Å². The molecule has 100 valence electrons. The zero-order valence-electron chi connectivity index (χ0n) is 11.0. The van der Waals surface area contributed by atoms with Gasteiger partial charge in [0.25, 0.3) is 0 Å². The fourth-order valence-corrected chi connectivity index (χ4v) is 2.19. The van der Waals surface area contributed by atoms with Gasteiger partial charge in [0.15, 0.2) is 5.16 Å². The molecule has 1 rings (SSSR count). The summed E-state index contributed by atoms with van der Waals surface area (Å²) in [7, 11) is 0. The number of aryl methyl sites for hydroxylation is 1. The fourth-order valence-electron chi connectivity index (χ4n) is 1.40. The van der Waals surface area contributed by atoms with Crippen LogP contribution in [0.5, 0.6) is 0 Å². The molecule has 1 aromatic heterocycles. The van der Waals surface area contributed by atoms with Crippen LogP contribution in [0.15, 0.2) is 17.6 Å². The standard InChI is InChI=1S/C13H20N2O2S/c1-3-17-12(16)7-5-4-6-8-18-13-14-9-11(2)10-15-13/h9-10H,3-8H2,1-2H3. The molecule has 0 saturated heterocycles. The maximum atomic E-state index is 11.1. The second-order valence-electron chi connectivity index (χ2n) is 4.01. The molecule has 0 saturated carbocycles. The van der Waals surface area contributed by atoms with E-state index in [4.69, 9.17) is 4.74 Å². The number of esters is 1. The van der Waals surface area contributed by atoms with E-state index in [9.17, 15) is 4.79 Å². The van der Waals surface area contributed by atoms with Gasteiger partial charge in [-0.25, -0.2) is 9.97 Å². The number of hydrogen-bond donors (Lipinski definition) is 0. The molecular weight excluding hydrogens is 248 g/mol. The van der Waals surface area contributed by atoms with Gasteiger partial charge in [0, 0.05) is 24.6 Å². The van der Waals surface area contributed by atoms with E-state index in [2.05, 4.69) is 9.97 Å². The van der Waals surface area contributed by atoms with Crippen molar-refractivity contribution < 1.29 is 9.53 Å². The van der Waals surface area contributed by atoms with Crippen molar-refractivity contribution in [1.29, 1.82) is 0 Å². The van der Waals surface area contributed by atoms with Crippen molar-refractivity contribution in [2.24, 2.45) is 0 Å². The topological polar surface area (TPSA) is 52.1 Å². The maximum Gasteiger partial charge on any atom is 0.305 e. The van der Waals surface area contributed by atoms with Gasteiger partial charge in [-0.3, -0.25) is 4.79 Å². The van der Waals surface area contributed by atoms with Gasteiger partial charge in [-0.15, -0.1) is 0 Å². The summed E-state index contributed by atoms with van der Waals surface area (Å²) in [5.41, 5.74) is 1.08. The highest BCUT2D eigenvalue weighted by Crippen LogP contribution is 2.15. The summed E-state index contributed by atoms with van der Waals surface area (Å²) in [5, 5.41) is 0.825. The molecule has 1 heterocycles. The number of aromatic nitrogens is 2. The third-order valence-electron chi connectivity index (χ3n) is 2.32. The minimum Gasteiger partial charge on any atom is -0.466 e. The van der Waals surface area contributed by atoms with Crippen LogP contribution >= 0.6 is 11.8 Å². The maximum absolute atomic E-state index is 11.1. The van der Waals surface area contributed by atoms with Crippen molar-refractivity contribution in [3.63, 3.8) is 0 Å². The number of carbonyl (C=O) groups excluding carboxylic acids is 1. The van der Waals surface area contributed by atoms with Crippen molar-refractivity contribution in [2.75, 3.05) is 12.4 Å². The van der Waals surface area contributed by atoms with Crippen molar-refractivity contribution in [1.82, 2.24) is 9.97 Å². The Bertz CT molecular complexity index is 355. The van der Waals surface area contributed by atoms with Gasteiger partial charge >= 0.3 is 5.97 Å². The predicted octanol–water partition coefficient (Wildman–Crippen LogP) is 3.00. The van der Waals surface area contributed by atoms with E-state index in [1.807, 2.05) is 26.2 Å². The summed E-state index contributed by atoms with van der Waals surface area (Å²) < 4.78 is 4.86. The zero-order chi connectivity index (χ0) is 13.2. The quantitative estimate of drug-likeness (QED) is 0.314. The molecule has 1 aromatic rings. The minimum absolute atomic E-state index is 0.0907. The van der Waals surface area contributed by atoms with Crippen LogP contribution in [0.2, 0.25) is 0 Å². The molecule has 5 heteroatoms. The molecule has 0 atom stereocenters. The molecule has 18 heavy (non-hydrogen) atoms. The highest BCUT2D eigenvalue weighted by atomic mass is 32.2. The fraction of sp³-hybridized carbons (Fsp3) is 0.615. The lowest BCUT2D eigenvalue weighted by atomic mass is 10.2. The lowest BCUT2D eigenvalue weighted by molar-refractivity contribution is -0.143. The summed E-state index contributed by atoms with van der Waals surface area (Å²) in [6.07, 6.45) is 7.19. The Hall–Kier alpha value is -1.10. The number of ether oxygens (including phenoxy) is 1. The Balaban J connectivity index is 2.02. The predicted molar refractivity (Wildman–Crippen MR) is 72.6 cm³/mol. The molecule has 0 aliphatic rings. The Morgan fingerprint density at radius 1 is 1.28 bits per heavy atom. The average Bonchev–Trinajstić information content (AvgIpc) is 2.36. The smallest absolute Gasteiger partial charge is 0.305 e. The summed E-state index contributed by atoms with van der Waals surface area (Å²) in [6, 6.07) is 0. The average molecular weight is 268 g/mol. The molecule has 0 radical (unpaired) electrons. The van der Waals surface area contributed by atoms with Gasteiger partial charge in [-0.2, -0.15) is 0 Å². The largest absolute Gasteiger partial charge is 0.466 e. The number of thioether (sulfide) groups is 1. The van der Waals surface area contributed by atoms with E-state index in [0.717, 1.165) is 35.7 Å². The van der Waals surface area contributed by atoms with Crippen LogP contribution in [0.4, 0.5) is 0 Å². The van der Waals surface area contributed by atoms with Gasteiger partial charge < -0.3 is 4.74 Å². The van der Waals surface area contributed by atoms with Gasteiger partial charge in [0.05, 0.1) is 6.61 Å². The van der Waals surface area contributed by atoms with Crippen LogP contribution in [-0.2, 0) is 9.53 Å². The van der Waals surface area contributed by atoms with Crippen molar-refractivity contribution in [3.05, 3.63) is 18.0 Å². The molecule has 0 bridgehead atoms. The molecule has 4 nitrogen and oxygen atoms in total. The molecule has 0 aromatic carbocycles. The first-order chi connectivity index (χ1) is 8.72. The number of nitrogens with zero attached hydrogens (tertiary/aromatic N) is 2. The molecule has 0 fully saturated rings. The van der Waals surface area contributed by atoms with Crippen LogP contribution in [0, 0.1) is 6.92 Å². The monoisotopic (exact) mass is 268 g/mol. The second kappa shape index (κ2) is 8.91. The summed E-state index contributed by atoms with van der Waals surface area (Å²) in [4.78, 5) is 19.5. The van der Waals surface area contributed by atoms with Crippen LogP contribution in [-0.4, -0.2) is 28.3 Å². The summed E-state index contributed by atoms with van der Waals surface area (Å²) in [6.45, 7) is 4.28. The first-order valence-corrected chi connectivity index (χ1v) is 7.28. The van der Waals surface area contributed by atoms with Crippen molar-refractivity contribution >= 4 is 17.7 Å². The summed E-state index contributed by atoms with van der Waals surface area (Å²) >= 11 is 1.66. The molecule has 0 N–H and O–H groups in total.